The molecule has 0 atom stereocenters. The lowest BCUT2D eigenvalue weighted by Crippen LogP contribution is -2.14. The zero-order valence-electron chi connectivity index (χ0n) is 23.8. The van der Waals surface area contributed by atoms with Crippen LogP contribution in [0.2, 0.25) is 0 Å². The molecule has 0 bridgehead atoms. The highest BCUT2D eigenvalue weighted by molar-refractivity contribution is 5.87. The number of nitrogens with zero attached hydrogens (tertiary/aromatic N) is 2. The average Bonchev–Trinajstić information content (AvgIpc) is 3.02. The number of anilines is 4. The van der Waals surface area contributed by atoms with Gasteiger partial charge in [0, 0.05) is 34.1 Å². The van der Waals surface area contributed by atoms with E-state index in [0.29, 0.717) is 0 Å². The Hall–Kier alpha value is -4.82. The van der Waals surface area contributed by atoms with Crippen molar-refractivity contribution in [1.82, 2.24) is 0 Å². The van der Waals surface area contributed by atoms with Crippen molar-refractivity contribution in [2.45, 2.75) is 27.7 Å². The Morgan fingerprint density at radius 2 is 0.775 bits per heavy atom. The molecule has 5 aromatic rings. The number of rotatable bonds is 8. The fourth-order valence-electron chi connectivity index (χ4n) is 5.14. The molecule has 0 saturated heterocycles. The maximum Gasteiger partial charge on any atom is 0.0464 e. The summed E-state index contributed by atoms with van der Waals surface area (Å²) in [5, 5.41) is 0. The molecule has 0 unspecified atom stereocenters. The third kappa shape index (κ3) is 5.62. The van der Waals surface area contributed by atoms with Crippen LogP contribution in [0.15, 0.2) is 157 Å². The van der Waals surface area contributed by atoms with Gasteiger partial charge in [0.25, 0.3) is 0 Å². The minimum absolute atomic E-state index is 1.14. The van der Waals surface area contributed by atoms with Crippen molar-refractivity contribution in [3.05, 3.63) is 157 Å². The number of hydrogen-bond donors (Lipinski definition) is 0. The predicted molar refractivity (Wildman–Crippen MR) is 173 cm³/mol. The molecule has 2 nitrogen and oxygen atoms in total. The lowest BCUT2D eigenvalue weighted by Gasteiger charge is -2.27. The summed E-state index contributed by atoms with van der Waals surface area (Å²) in [6.45, 7) is 8.49. The fraction of sp³-hybridized carbons (Fsp3) is 0.105. The molecule has 0 fully saturated rings. The molecule has 5 aromatic carbocycles. The van der Waals surface area contributed by atoms with E-state index in [1.165, 1.54) is 33.6 Å². The van der Waals surface area contributed by atoms with Crippen molar-refractivity contribution >= 4 is 22.7 Å². The summed E-state index contributed by atoms with van der Waals surface area (Å²) in [5.41, 5.74) is 11.7. The Morgan fingerprint density at radius 1 is 0.425 bits per heavy atom. The van der Waals surface area contributed by atoms with E-state index in [1.54, 1.807) is 0 Å². The lowest BCUT2D eigenvalue weighted by atomic mass is 9.93. The van der Waals surface area contributed by atoms with Gasteiger partial charge in [0.2, 0.25) is 0 Å². The molecular formula is C38H36N2. The van der Waals surface area contributed by atoms with Crippen LogP contribution in [-0.4, -0.2) is 0 Å². The summed E-state index contributed by atoms with van der Waals surface area (Å²) in [6.07, 6.45) is 4.31. The standard InChI is InChI=1S/C38H36N2/c1-5-29(3)39(33-19-9-7-10-20-33)35-23-15-17-31(27-35)37-25-13-14-26-38(37)32-18-16-24-36(28-32)40(30(4)6-2)34-21-11-8-12-22-34/h5-28H,1-4H3/b29-5+,30-6+. The van der Waals surface area contributed by atoms with Gasteiger partial charge in [0.1, 0.15) is 0 Å². The predicted octanol–water partition coefficient (Wildman–Crippen LogP) is 11.1. The van der Waals surface area contributed by atoms with Gasteiger partial charge in [-0.2, -0.15) is 0 Å². The maximum atomic E-state index is 2.31. The molecular weight excluding hydrogens is 484 g/mol. The van der Waals surface area contributed by atoms with Crippen molar-refractivity contribution in [2.75, 3.05) is 9.80 Å². The van der Waals surface area contributed by atoms with Gasteiger partial charge in [0.15, 0.2) is 0 Å². The van der Waals surface area contributed by atoms with Crippen molar-refractivity contribution in [1.29, 1.82) is 0 Å². The molecule has 0 heterocycles. The molecule has 0 spiro atoms. The number of benzene rings is 5. The molecule has 0 aromatic heterocycles. The van der Waals surface area contributed by atoms with E-state index in [0.717, 1.165) is 22.7 Å². The smallest absolute Gasteiger partial charge is 0.0464 e. The summed E-state index contributed by atoms with van der Waals surface area (Å²) in [6, 6.07) is 47.5. The van der Waals surface area contributed by atoms with Crippen LogP contribution in [0.1, 0.15) is 27.7 Å². The first-order valence-electron chi connectivity index (χ1n) is 13.9. The highest BCUT2D eigenvalue weighted by Gasteiger charge is 2.15. The molecule has 0 N–H and O–H groups in total. The van der Waals surface area contributed by atoms with Gasteiger partial charge >= 0.3 is 0 Å². The summed E-state index contributed by atoms with van der Waals surface area (Å²) < 4.78 is 0. The first-order valence-corrected chi connectivity index (χ1v) is 13.9. The van der Waals surface area contributed by atoms with Crippen LogP contribution in [0.3, 0.4) is 0 Å². The summed E-state index contributed by atoms with van der Waals surface area (Å²) in [5.74, 6) is 0. The minimum atomic E-state index is 1.14. The van der Waals surface area contributed by atoms with Crippen LogP contribution in [0.25, 0.3) is 22.3 Å². The minimum Gasteiger partial charge on any atom is -0.315 e. The summed E-state index contributed by atoms with van der Waals surface area (Å²) in [4.78, 5) is 4.62. The van der Waals surface area contributed by atoms with E-state index in [2.05, 4.69) is 183 Å². The second-order valence-corrected chi connectivity index (χ2v) is 9.85. The molecule has 0 aliphatic rings. The number of hydrogen-bond acceptors (Lipinski definition) is 2. The second kappa shape index (κ2) is 12.4. The summed E-state index contributed by atoms with van der Waals surface area (Å²) in [7, 11) is 0. The maximum absolute atomic E-state index is 2.31. The Kier molecular flexibility index (Phi) is 8.27. The zero-order valence-corrected chi connectivity index (χ0v) is 23.8. The largest absolute Gasteiger partial charge is 0.315 e. The van der Waals surface area contributed by atoms with Gasteiger partial charge in [0.05, 0.1) is 0 Å². The normalized spacial score (nSPS) is 11.8. The molecule has 2 heteroatoms. The Balaban J connectivity index is 1.59. The van der Waals surface area contributed by atoms with Crippen LogP contribution < -0.4 is 9.80 Å². The Morgan fingerprint density at radius 3 is 1.15 bits per heavy atom. The van der Waals surface area contributed by atoms with Crippen molar-refractivity contribution in [3.63, 3.8) is 0 Å². The van der Waals surface area contributed by atoms with Crippen LogP contribution in [-0.2, 0) is 0 Å². The topological polar surface area (TPSA) is 6.48 Å². The third-order valence-corrected chi connectivity index (χ3v) is 7.33. The highest BCUT2D eigenvalue weighted by Crippen LogP contribution is 2.38. The van der Waals surface area contributed by atoms with Gasteiger partial charge in [-0.15, -0.1) is 0 Å². The van der Waals surface area contributed by atoms with Gasteiger partial charge in [-0.3, -0.25) is 0 Å². The van der Waals surface area contributed by atoms with Gasteiger partial charge < -0.3 is 9.80 Å². The molecule has 0 amide bonds. The fourth-order valence-corrected chi connectivity index (χ4v) is 5.14. The average molecular weight is 521 g/mol. The molecule has 0 aliphatic heterocycles. The van der Waals surface area contributed by atoms with Gasteiger partial charge in [-0.05, 0) is 98.5 Å². The zero-order chi connectivity index (χ0) is 27.9. The Labute approximate surface area is 239 Å². The number of para-hydroxylation sites is 2. The molecule has 0 radical (unpaired) electrons. The quantitative estimate of drug-likeness (QED) is 0.201. The van der Waals surface area contributed by atoms with Gasteiger partial charge in [-0.1, -0.05) is 97.1 Å². The van der Waals surface area contributed by atoms with Gasteiger partial charge in [-0.25, -0.2) is 0 Å². The molecule has 40 heavy (non-hydrogen) atoms. The first kappa shape index (κ1) is 26.8. The van der Waals surface area contributed by atoms with Crippen LogP contribution in [0.5, 0.6) is 0 Å². The summed E-state index contributed by atoms with van der Waals surface area (Å²) >= 11 is 0. The van der Waals surface area contributed by atoms with E-state index >= 15 is 0 Å². The SMILES string of the molecule is C/C=C(\C)N(c1ccccc1)c1cccc(-c2ccccc2-c2cccc(N(/C(C)=C/C)c3ccccc3)c2)c1. The van der Waals surface area contributed by atoms with E-state index in [-0.39, 0.29) is 0 Å². The van der Waals surface area contributed by atoms with Crippen LogP contribution in [0, 0.1) is 0 Å². The second-order valence-electron chi connectivity index (χ2n) is 9.85. The number of allylic oxidation sites excluding steroid dienone is 4. The highest BCUT2D eigenvalue weighted by atomic mass is 15.1. The van der Waals surface area contributed by atoms with E-state index in [9.17, 15) is 0 Å². The third-order valence-electron chi connectivity index (χ3n) is 7.33. The van der Waals surface area contributed by atoms with E-state index < -0.39 is 0 Å². The molecule has 198 valence electrons. The van der Waals surface area contributed by atoms with Crippen molar-refractivity contribution < 1.29 is 0 Å². The van der Waals surface area contributed by atoms with E-state index in [1.807, 2.05) is 0 Å². The lowest BCUT2D eigenvalue weighted by molar-refractivity contribution is 1.15. The van der Waals surface area contributed by atoms with Crippen molar-refractivity contribution in [2.24, 2.45) is 0 Å². The molecule has 0 saturated carbocycles. The first-order chi connectivity index (χ1) is 19.6. The van der Waals surface area contributed by atoms with E-state index in [4.69, 9.17) is 0 Å². The monoisotopic (exact) mass is 520 g/mol. The Bertz CT molecular complexity index is 1510. The molecule has 5 rings (SSSR count). The van der Waals surface area contributed by atoms with Crippen molar-refractivity contribution in [3.8, 4) is 22.3 Å². The van der Waals surface area contributed by atoms with Crippen LogP contribution >= 0.6 is 0 Å². The van der Waals surface area contributed by atoms with Crippen LogP contribution in [0.4, 0.5) is 22.7 Å². The molecule has 0 aliphatic carbocycles.